The van der Waals surface area contributed by atoms with Gasteiger partial charge >= 0.3 is 0 Å². The molecule has 4 rings (SSSR count). The van der Waals surface area contributed by atoms with Crippen LogP contribution >= 0.6 is 15.9 Å². The second-order valence-electron chi connectivity index (χ2n) is 4.37. The maximum atomic E-state index is 5.89. The third-order valence-electron chi connectivity index (χ3n) is 3.33. The SMILES string of the molecule is Brc1cccc2ccc3oc4ccccc4c3c12. The lowest BCUT2D eigenvalue weighted by Gasteiger charge is -2.01. The topological polar surface area (TPSA) is 13.1 Å². The minimum atomic E-state index is 0.940. The summed E-state index contributed by atoms with van der Waals surface area (Å²) in [7, 11) is 0. The summed E-state index contributed by atoms with van der Waals surface area (Å²) in [4.78, 5) is 0. The van der Waals surface area contributed by atoms with Crippen LogP contribution in [0.1, 0.15) is 0 Å². The zero-order valence-electron chi connectivity index (χ0n) is 9.48. The summed E-state index contributed by atoms with van der Waals surface area (Å²) in [5.41, 5.74) is 1.88. The molecule has 0 amide bonds. The van der Waals surface area contributed by atoms with Gasteiger partial charge in [0.05, 0.1) is 0 Å². The lowest BCUT2D eigenvalue weighted by molar-refractivity contribution is 0.669. The Morgan fingerprint density at radius 3 is 2.56 bits per heavy atom. The normalized spacial score (nSPS) is 11.6. The third-order valence-corrected chi connectivity index (χ3v) is 3.99. The van der Waals surface area contributed by atoms with E-state index in [9.17, 15) is 0 Å². The van der Waals surface area contributed by atoms with Crippen LogP contribution in [0, 0.1) is 0 Å². The third kappa shape index (κ3) is 1.27. The van der Waals surface area contributed by atoms with Gasteiger partial charge in [-0.3, -0.25) is 0 Å². The molecule has 0 bridgehead atoms. The van der Waals surface area contributed by atoms with Crippen LogP contribution in [-0.2, 0) is 0 Å². The molecular formula is C16H9BrO. The van der Waals surface area contributed by atoms with Crippen molar-refractivity contribution >= 4 is 48.6 Å². The average molecular weight is 297 g/mol. The first-order valence-electron chi connectivity index (χ1n) is 5.83. The van der Waals surface area contributed by atoms with Crippen LogP contribution < -0.4 is 0 Å². The van der Waals surface area contributed by atoms with E-state index < -0.39 is 0 Å². The highest BCUT2D eigenvalue weighted by Crippen LogP contribution is 2.37. The van der Waals surface area contributed by atoms with Gasteiger partial charge in [-0.05, 0) is 23.6 Å². The predicted octanol–water partition coefficient (Wildman–Crippen LogP) is 5.50. The van der Waals surface area contributed by atoms with Crippen molar-refractivity contribution in [1.29, 1.82) is 0 Å². The Kier molecular flexibility index (Phi) is 2.03. The van der Waals surface area contributed by atoms with E-state index in [1.165, 1.54) is 21.5 Å². The lowest BCUT2D eigenvalue weighted by Crippen LogP contribution is -1.76. The van der Waals surface area contributed by atoms with Crippen LogP contribution in [0.25, 0.3) is 32.7 Å². The Balaban J connectivity index is 2.40. The highest BCUT2D eigenvalue weighted by molar-refractivity contribution is 9.10. The van der Waals surface area contributed by atoms with Gasteiger partial charge in [0.1, 0.15) is 11.2 Å². The largest absolute Gasteiger partial charge is 0.456 e. The molecule has 0 aliphatic carbocycles. The summed E-state index contributed by atoms with van der Waals surface area (Å²) in [6.45, 7) is 0. The van der Waals surface area contributed by atoms with E-state index in [4.69, 9.17) is 4.42 Å². The number of benzene rings is 3. The number of halogens is 1. The molecule has 0 fully saturated rings. The average Bonchev–Trinajstić information content (AvgIpc) is 2.77. The van der Waals surface area contributed by atoms with Crippen LogP contribution in [0.4, 0.5) is 0 Å². The van der Waals surface area contributed by atoms with Crippen molar-refractivity contribution in [3.63, 3.8) is 0 Å². The molecule has 0 aliphatic heterocycles. The van der Waals surface area contributed by atoms with E-state index >= 15 is 0 Å². The molecule has 1 heterocycles. The Morgan fingerprint density at radius 1 is 0.722 bits per heavy atom. The molecule has 18 heavy (non-hydrogen) atoms. The number of hydrogen-bond donors (Lipinski definition) is 0. The first kappa shape index (κ1) is 10.2. The molecule has 0 N–H and O–H groups in total. The smallest absolute Gasteiger partial charge is 0.136 e. The molecule has 1 aromatic heterocycles. The molecular weight excluding hydrogens is 288 g/mol. The van der Waals surface area contributed by atoms with Crippen molar-refractivity contribution in [1.82, 2.24) is 0 Å². The fourth-order valence-electron chi connectivity index (χ4n) is 2.55. The highest BCUT2D eigenvalue weighted by atomic mass is 79.9. The second-order valence-corrected chi connectivity index (χ2v) is 5.23. The molecule has 2 heteroatoms. The zero-order valence-corrected chi connectivity index (χ0v) is 11.1. The summed E-state index contributed by atoms with van der Waals surface area (Å²) in [5.74, 6) is 0. The maximum Gasteiger partial charge on any atom is 0.136 e. The predicted molar refractivity (Wildman–Crippen MR) is 78.9 cm³/mol. The van der Waals surface area contributed by atoms with Gasteiger partial charge in [-0.1, -0.05) is 52.3 Å². The summed E-state index contributed by atoms with van der Waals surface area (Å²) >= 11 is 3.65. The monoisotopic (exact) mass is 296 g/mol. The van der Waals surface area contributed by atoms with Crippen LogP contribution in [0.3, 0.4) is 0 Å². The second kappa shape index (κ2) is 3.59. The van der Waals surface area contributed by atoms with E-state index in [0.29, 0.717) is 0 Å². The number of hydrogen-bond acceptors (Lipinski definition) is 1. The van der Waals surface area contributed by atoms with E-state index in [1.807, 2.05) is 24.3 Å². The summed E-state index contributed by atoms with van der Waals surface area (Å²) in [6.07, 6.45) is 0. The number of para-hydroxylation sites is 1. The van der Waals surface area contributed by atoms with Gasteiger partial charge < -0.3 is 4.42 Å². The standard InChI is InChI=1S/C16H9BrO/c17-12-6-3-4-10-8-9-14-16(15(10)12)11-5-1-2-7-13(11)18-14/h1-9H. The minimum Gasteiger partial charge on any atom is -0.456 e. The molecule has 0 atom stereocenters. The van der Waals surface area contributed by atoms with Crippen molar-refractivity contribution in [2.24, 2.45) is 0 Å². The molecule has 0 aliphatic rings. The Labute approximate surface area is 112 Å². The van der Waals surface area contributed by atoms with Gasteiger partial charge in [0.2, 0.25) is 0 Å². The number of rotatable bonds is 0. The maximum absolute atomic E-state index is 5.89. The Bertz CT molecular complexity index is 889. The first-order chi connectivity index (χ1) is 8.84. The quantitative estimate of drug-likeness (QED) is 0.417. The first-order valence-corrected chi connectivity index (χ1v) is 6.62. The molecule has 0 spiro atoms. The molecule has 3 aromatic carbocycles. The Hall–Kier alpha value is -1.80. The fraction of sp³-hybridized carbons (Fsp3) is 0. The minimum absolute atomic E-state index is 0.940. The van der Waals surface area contributed by atoms with Crippen molar-refractivity contribution in [2.45, 2.75) is 0 Å². The van der Waals surface area contributed by atoms with Gasteiger partial charge in [0, 0.05) is 20.6 Å². The van der Waals surface area contributed by atoms with Crippen LogP contribution in [0.15, 0.2) is 63.5 Å². The van der Waals surface area contributed by atoms with Crippen LogP contribution in [-0.4, -0.2) is 0 Å². The lowest BCUT2D eigenvalue weighted by atomic mass is 10.0. The fourth-order valence-corrected chi connectivity index (χ4v) is 3.13. The Morgan fingerprint density at radius 2 is 1.61 bits per heavy atom. The van der Waals surface area contributed by atoms with Gasteiger partial charge in [-0.25, -0.2) is 0 Å². The van der Waals surface area contributed by atoms with Gasteiger partial charge in [-0.2, -0.15) is 0 Å². The van der Waals surface area contributed by atoms with Crippen LogP contribution in [0.2, 0.25) is 0 Å². The summed E-state index contributed by atoms with van der Waals surface area (Å²) < 4.78 is 7.00. The van der Waals surface area contributed by atoms with Crippen molar-refractivity contribution in [3.8, 4) is 0 Å². The van der Waals surface area contributed by atoms with E-state index in [0.717, 1.165) is 15.6 Å². The number of furan rings is 1. The molecule has 0 saturated heterocycles. The van der Waals surface area contributed by atoms with E-state index in [2.05, 4.69) is 46.3 Å². The molecule has 4 aromatic rings. The number of fused-ring (bicyclic) bond motifs is 5. The van der Waals surface area contributed by atoms with Gasteiger partial charge in [-0.15, -0.1) is 0 Å². The van der Waals surface area contributed by atoms with Crippen molar-refractivity contribution < 1.29 is 4.42 Å². The van der Waals surface area contributed by atoms with Crippen molar-refractivity contribution in [3.05, 3.63) is 59.1 Å². The van der Waals surface area contributed by atoms with E-state index in [-0.39, 0.29) is 0 Å². The van der Waals surface area contributed by atoms with Crippen molar-refractivity contribution in [2.75, 3.05) is 0 Å². The van der Waals surface area contributed by atoms with Crippen LogP contribution in [0.5, 0.6) is 0 Å². The summed E-state index contributed by atoms with van der Waals surface area (Å²) in [5, 5.41) is 4.81. The molecule has 1 nitrogen and oxygen atoms in total. The zero-order chi connectivity index (χ0) is 12.1. The molecule has 0 unspecified atom stereocenters. The molecule has 0 saturated carbocycles. The highest BCUT2D eigenvalue weighted by Gasteiger charge is 2.11. The van der Waals surface area contributed by atoms with E-state index in [1.54, 1.807) is 0 Å². The molecule has 86 valence electrons. The summed E-state index contributed by atoms with van der Waals surface area (Å²) in [6, 6.07) is 18.6. The molecule has 0 radical (unpaired) electrons. The van der Waals surface area contributed by atoms with Gasteiger partial charge in [0.15, 0.2) is 0 Å². The van der Waals surface area contributed by atoms with Gasteiger partial charge in [0.25, 0.3) is 0 Å².